The fourth-order valence-corrected chi connectivity index (χ4v) is 3.61. The summed E-state index contributed by atoms with van der Waals surface area (Å²) >= 11 is 0. The van der Waals surface area contributed by atoms with Gasteiger partial charge in [0.05, 0.1) is 6.26 Å². The average molecular weight is 444 g/mol. The number of aryl methyl sites for hydroxylation is 1. The Kier molecular flexibility index (Phi) is 6.69. The molecule has 0 atom stereocenters. The van der Waals surface area contributed by atoms with Gasteiger partial charge in [-0.1, -0.05) is 35.9 Å². The van der Waals surface area contributed by atoms with Gasteiger partial charge in [-0.25, -0.2) is 0 Å². The molecule has 1 saturated heterocycles. The van der Waals surface area contributed by atoms with Crippen LogP contribution in [0.25, 0.3) is 6.08 Å². The maximum atomic E-state index is 13.3. The van der Waals surface area contributed by atoms with Crippen LogP contribution >= 0.6 is 0 Å². The van der Waals surface area contributed by atoms with Gasteiger partial charge in [-0.05, 0) is 43.3 Å². The number of benzene rings is 2. The number of carbonyl (C=O) groups excluding carboxylic acids is 3. The van der Waals surface area contributed by atoms with Gasteiger partial charge in [0, 0.05) is 43.4 Å². The van der Waals surface area contributed by atoms with E-state index in [4.69, 9.17) is 4.42 Å². The fourth-order valence-electron chi connectivity index (χ4n) is 3.61. The smallest absolute Gasteiger partial charge is 0.270 e. The standard InChI is InChI=1S/C26H25N3O4/c1-19-9-11-21(12-10-19)25(31)28-13-15-29(16-14-28)26(32)23(18-22-8-5-17-33-22)27-24(30)20-6-3-2-4-7-20/h2-12,17-18H,13-16H2,1H3,(H,27,30)/b23-18-. The van der Waals surface area contributed by atoms with Gasteiger partial charge in [0.1, 0.15) is 11.5 Å². The van der Waals surface area contributed by atoms with Crippen LogP contribution in [0.1, 0.15) is 32.0 Å². The molecule has 1 aliphatic heterocycles. The topological polar surface area (TPSA) is 82.9 Å². The summed E-state index contributed by atoms with van der Waals surface area (Å²) < 4.78 is 5.34. The molecule has 2 aromatic carbocycles. The van der Waals surface area contributed by atoms with E-state index in [1.54, 1.807) is 46.2 Å². The molecule has 1 N–H and O–H groups in total. The van der Waals surface area contributed by atoms with Gasteiger partial charge >= 0.3 is 0 Å². The van der Waals surface area contributed by atoms with Crippen molar-refractivity contribution >= 4 is 23.8 Å². The predicted molar refractivity (Wildman–Crippen MR) is 124 cm³/mol. The van der Waals surface area contributed by atoms with E-state index in [-0.39, 0.29) is 23.4 Å². The molecule has 1 fully saturated rings. The van der Waals surface area contributed by atoms with Crippen LogP contribution in [0, 0.1) is 6.92 Å². The van der Waals surface area contributed by atoms with E-state index in [2.05, 4.69) is 5.32 Å². The van der Waals surface area contributed by atoms with Crippen LogP contribution in [-0.4, -0.2) is 53.7 Å². The molecule has 1 aromatic heterocycles. The molecular weight excluding hydrogens is 418 g/mol. The van der Waals surface area contributed by atoms with Gasteiger partial charge in [-0.2, -0.15) is 0 Å². The van der Waals surface area contributed by atoms with Crippen molar-refractivity contribution in [3.8, 4) is 0 Å². The Morgan fingerprint density at radius 1 is 0.818 bits per heavy atom. The number of hydrogen-bond acceptors (Lipinski definition) is 4. The summed E-state index contributed by atoms with van der Waals surface area (Å²) in [7, 11) is 0. The maximum Gasteiger partial charge on any atom is 0.270 e. The number of nitrogens with one attached hydrogen (secondary N) is 1. The summed E-state index contributed by atoms with van der Waals surface area (Å²) in [5.41, 5.74) is 2.30. The maximum absolute atomic E-state index is 13.3. The lowest BCUT2D eigenvalue weighted by Crippen LogP contribution is -2.52. The first-order chi connectivity index (χ1) is 16.0. The second kappa shape index (κ2) is 9.99. The molecule has 33 heavy (non-hydrogen) atoms. The van der Waals surface area contributed by atoms with Crippen LogP contribution in [0.5, 0.6) is 0 Å². The zero-order chi connectivity index (χ0) is 23.2. The van der Waals surface area contributed by atoms with Crippen LogP contribution in [0.2, 0.25) is 0 Å². The third-order valence-corrected chi connectivity index (χ3v) is 5.50. The van der Waals surface area contributed by atoms with Crippen LogP contribution in [0.15, 0.2) is 83.1 Å². The largest absolute Gasteiger partial charge is 0.465 e. The third kappa shape index (κ3) is 5.38. The van der Waals surface area contributed by atoms with Crippen molar-refractivity contribution in [2.75, 3.05) is 26.2 Å². The Balaban J connectivity index is 1.45. The molecule has 7 heteroatoms. The van der Waals surface area contributed by atoms with Crippen molar-refractivity contribution in [3.63, 3.8) is 0 Å². The van der Waals surface area contributed by atoms with Crippen molar-refractivity contribution in [2.45, 2.75) is 6.92 Å². The highest BCUT2D eigenvalue weighted by Gasteiger charge is 2.27. The summed E-state index contributed by atoms with van der Waals surface area (Å²) in [5.74, 6) is -0.293. The summed E-state index contributed by atoms with van der Waals surface area (Å²) in [6.07, 6.45) is 3.02. The molecule has 0 saturated carbocycles. The number of rotatable bonds is 5. The monoisotopic (exact) mass is 443 g/mol. The number of carbonyl (C=O) groups is 3. The molecule has 0 bridgehead atoms. The molecule has 1 aliphatic rings. The lowest BCUT2D eigenvalue weighted by Gasteiger charge is -2.35. The van der Waals surface area contributed by atoms with E-state index in [1.165, 1.54) is 12.3 Å². The summed E-state index contributed by atoms with van der Waals surface area (Å²) in [6, 6.07) is 19.6. The summed E-state index contributed by atoms with van der Waals surface area (Å²) in [6.45, 7) is 3.54. The summed E-state index contributed by atoms with van der Waals surface area (Å²) in [5, 5.41) is 2.72. The first-order valence-electron chi connectivity index (χ1n) is 10.8. The number of nitrogens with zero attached hydrogens (tertiary/aromatic N) is 2. The second-order valence-corrected chi connectivity index (χ2v) is 7.84. The van der Waals surface area contributed by atoms with Crippen molar-refractivity contribution < 1.29 is 18.8 Å². The number of furan rings is 1. The summed E-state index contributed by atoms with van der Waals surface area (Å²) in [4.78, 5) is 42.1. The first-order valence-corrected chi connectivity index (χ1v) is 10.8. The predicted octanol–water partition coefficient (Wildman–Crippen LogP) is 3.34. The van der Waals surface area contributed by atoms with Crippen LogP contribution in [-0.2, 0) is 4.79 Å². The minimum absolute atomic E-state index is 0.0502. The lowest BCUT2D eigenvalue weighted by molar-refractivity contribution is -0.128. The molecular formula is C26H25N3O4. The Hall–Kier alpha value is -4.13. The van der Waals surface area contributed by atoms with Crippen molar-refractivity contribution in [1.29, 1.82) is 0 Å². The Labute approximate surface area is 192 Å². The van der Waals surface area contributed by atoms with Crippen LogP contribution in [0.3, 0.4) is 0 Å². The molecule has 4 rings (SSSR count). The minimum atomic E-state index is -0.380. The number of hydrogen-bond donors (Lipinski definition) is 1. The molecule has 3 aromatic rings. The quantitative estimate of drug-likeness (QED) is 0.613. The van der Waals surface area contributed by atoms with E-state index in [0.717, 1.165) is 5.56 Å². The Bertz CT molecular complexity index is 1140. The minimum Gasteiger partial charge on any atom is -0.465 e. The SMILES string of the molecule is Cc1ccc(C(=O)N2CCN(C(=O)/C(=C/c3ccco3)NC(=O)c3ccccc3)CC2)cc1. The highest BCUT2D eigenvalue weighted by atomic mass is 16.3. The van der Waals surface area contributed by atoms with Crippen LogP contribution in [0.4, 0.5) is 0 Å². The number of amides is 3. The van der Waals surface area contributed by atoms with E-state index < -0.39 is 0 Å². The Morgan fingerprint density at radius 2 is 1.48 bits per heavy atom. The highest BCUT2D eigenvalue weighted by molar-refractivity contribution is 6.05. The molecule has 0 spiro atoms. The van der Waals surface area contributed by atoms with Gasteiger partial charge in [0.25, 0.3) is 17.7 Å². The number of piperazine rings is 1. The van der Waals surface area contributed by atoms with E-state index in [1.807, 2.05) is 37.3 Å². The molecule has 2 heterocycles. The molecule has 0 unspecified atom stereocenters. The lowest BCUT2D eigenvalue weighted by atomic mass is 10.1. The van der Waals surface area contributed by atoms with Gasteiger partial charge in [0.2, 0.25) is 0 Å². The molecule has 168 valence electrons. The van der Waals surface area contributed by atoms with Crippen molar-refractivity contribution in [2.24, 2.45) is 0 Å². The highest BCUT2D eigenvalue weighted by Crippen LogP contribution is 2.14. The molecule has 0 aliphatic carbocycles. The Morgan fingerprint density at radius 3 is 2.12 bits per heavy atom. The molecule has 3 amide bonds. The average Bonchev–Trinajstić information content (AvgIpc) is 3.37. The third-order valence-electron chi connectivity index (χ3n) is 5.50. The van der Waals surface area contributed by atoms with E-state index in [0.29, 0.717) is 43.1 Å². The normalized spacial score (nSPS) is 14.2. The fraction of sp³-hybridized carbons (Fsp3) is 0.192. The van der Waals surface area contributed by atoms with Gasteiger partial charge in [-0.15, -0.1) is 0 Å². The van der Waals surface area contributed by atoms with Gasteiger partial charge in [0.15, 0.2) is 0 Å². The van der Waals surface area contributed by atoms with Gasteiger partial charge in [-0.3, -0.25) is 14.4 Å². The van der Waals surface area contributed by atoms with E-state index >= 15 is 0 Å². The second-order valence-electron chi connectivity index (χ2n) is 7.84. The van der Waals surface area contributed by atoms with E-state index in [9.17, 15) is 14.4 Å². The molecule has 7 nitrogen and oxygen atoms in total. The van der Waals surface area contributed by atoms with Crippen LogP contribution < -0.4 is 5.32 Å². The van der Waals surface area contributed by atoms with Gasteiger partial charge < -0.3 is 19.5 Å². The van der Waals surface area contributed by atoms with Crippen molar-refractivity contribution in [1.82, 2.24) is 15.1 Å². The first kappa shape index (κ1) is 22.1. The zero-order valence-corrected chi connectivity index (χ0v) is 18.4. The molecule has 0 radical (unpaired) electrons. The van der Waals surface area contributed by atoms with Crippen molar-refractivity contribution in [3.05, 3.63) is 101 Å². The zero-order valence-electron chi connectivity index (χ0n) is 18.4.